The van der Waals surface area contributed by atoms with E-state index in [1.54, 1.807) is 19.3 Å². The van der Waals surface area contributed by atoms with Gasteiger partial charge in [0.2, 0.25) is 0 Å². The van der Waals surface area contributed by atoms with Gasteiger partial charge in [0.05, 0.1) is 13.2 Å². The van der Waals surface area contributed by atoms with Gasteiger partial charge in [-0.25, -0.2) is 9.59 Å². The van der Waals surface area contributed by atoms with Crippen molar-refractivity contribution in [2.45, 2.75) is 52.2 Å². The lowest BCUT2D eigenvalue weighted by atomic mass is 9.62. The normalized spacial score (nSPS) is 22.0. The molecule has 10 heteroatoms. The van der Waals surface area contributed by atoms with Crippen molar-refractivity contribution in [3.05, 3.63) is 58.5 Å². The summed E-state index contributed by atoms with van der Waals surface area (Å²) >= 11 is 0. The highest BCUT2D eigenvalue weighted by molar-refractivity contribution is 5.68. The van der Waals surface area contributed by atoms with Crippen LogP contribution in [-0.4, -0.2) is 51.6 Å². The number of hydrogen-bond donors (Lipinski definition) is 2. The number of methoxy groups -OCH3 is 1. The topological polar surface area (TPSA) is 135 Å². The maximum absolute atomic E-state index is 12.8. The maximum atomic E-state index is 12.8. The van der Waals surface area contributed by atoms with Crippen LogP contribution in [0, 0.1) is 10.8 Å². The number of carbonyl (C=O) groups is 2. The molecule has 2 amide bonds. The van der Waals surface area contributed by atoms with Gasteiger partial charge >= 0.3 is 12.2 Å². The first kappa shape index (κ1) is 28.0. The number of azide groups is 1. The number of carbonyl (C=O) groups excluding carboxylic acids is 2. The Morgan fingerprint density at radius 1 is 1.17 bits per heavy atom. The van der Waals surface area contributed by atoms with Crippen LogP contribution >= 0.6 is 0 Å². The Labute approximate surface area is 207 Å². The van der Waals surface area contributed by atoms with Gasteiger partial charge in [0.25, 0.3) is 0 Å². The third-order valence-corrected chi connectivity index (χ3v) is 5.90. The van der Waals surface area contributed by atoms with Gasteiger partial charge in [-0.1, -0.05) is 62.3 Å². The summed E-state index contributed by atoms with van der Waals surface area (Å²) in [5.74, 6) is 0. The van der Waals surface area contributed by atoms with Crippen LogP contribution in [0.5, 0.6) is 0 Å². The Morgan fingerprint density at radius 3 is 2.57 bits per heavy atom. The SMILES string of the molecule is COC/C=C\COC(=O)NCC1(C)CC(NC(=O)OC(CN=[N+]=[N-])c2ccccc2)CC(C)(C)C1. The summed E-state index contributed by atoms with van der Waals surface area (Å²) in [6.07, 6.45) is 4.11. The van der Waals surface area contributed by atoms with Gasteiger partial charge in [0, 0.05) is 24.6 Å². The van der Waals surface area contributed by atoms with Crippen molar-refractivity contribution in [2.75, 3.05) is 33.4 Å². The fraction of sp³-hybridized carbons (Fsp3) is 0.600. The molecule has 1 aromatic rings. The second-order valence-corrected chi connectivity index (χ2v) is 10.00. The summed E-state index contributed by atoms with van der Waals surface area (Å²) in [4.78, 5) is 27.7. The highest BCUT2D eigenvalue weighted by Gasteiger charge is 2.42. The molecule has 3 unspecified atom stereocenters. The Bertz CT molecular complexity index is 901. The summed E-state index contributed by atoms with van der Waals surface area (Å²) in [5.41, 5.74) is 9.16. The molecule has 0 aliphatic heterocycles. The van der Waals surface area contributed by atoms with Crippen molar-refractivity contribution in [2.24, 2.45) is 15.9 Å². The van der Waals surface area contributed by atoms with E-state index >= 15 is 0 Å². The fourth-order valence-corrected chi connectivity index (χ4v) is 4.88. The molecule has 0 aromatic heterocycles. The summed E-state index contributed by atoms with van der Waals surface area (Å²) in [7, 11) is 1.59. The van der Waals surface area contributed by atoms with Gasteiger partial charge in [0.1, 0.15) is 12.7 Å². The van der Waals surface area contributed by atoms with Crippen LogP contribution in [0.3, 0.4) is 0 Å². The Kier molecular flexibility index (Phi) is 10.9. The number of amides is 2. The molecule has 1 aliphatic rings. The lowest BCUT2D eigenvalue weighted by molar-refractivity contribution is 0.0554. The number of nitrogens with one attached hydrogen (secondary N) is 2. The van der Waals surface area contributed by atoms with Crippen LogP contribution in [0.1, 0.15) is 51.7 Å². The second-order valence-electron chi connectivity index (χ2n) is 10.00. The lowest BCUT2D eigenvalue weighted by Crippen LogP contribution is -2.50. The molecule has 1 aliphatic carbocycles. The van der Waals surface area contributed by atoms with Gasteiger partial charge in [-0.2, -0.15) is 0 Å². The molecule has 0 heterocycles. The van der Waals surface area contributed by atoms with Crippen molar-refractivity contribution >= 4 is 12.2 Å². The van der Waals surface area contributed by atoms with Gasteiger partial charge in [-0.05, 0) is 47.3 Å². The second kappa shape index (κ2) is 13.6. The minimum absolute atomic E-state index is 0.00843. The van der Waals surface area contributed by atoms with Gasteiger partial charge in [-0.15, -0.1) is 0 Å². The highest BCUT2D eigenvalue weighted by Crippen LogP contribution is 2.45. The zero-order chi connectivity index (χ0) is 25.7. The van der Waals surface area contributed by atoms with Gasteiger partial charge in [0.15, 0.2) is 0 Å². The van der Waals surface area contributed by atoms with E-state index < -0.39 is 18.3 Å². The third-order valence-electron chi connectivity index (χ3n) is 5.90. The molecule has 10 nitrogen and oxygen atoms in total. The monoisotopic (exact) mass is 487 g/mol. The number of alkyl carbamates (subject to hydrolysis) is 2. The minimum atomic E-state index is -0.676. The fourth-order valence-electron chi connectivity index (χ4n) is 4.88. The Balaban J connectivity index is 1.94. The zero-order valence-corrected chi connectivity index (χ0v) is 21.0. The molecule has 0 spiro atoms. The molecule has 0 radical (unpaired) electrons. The minimum Gasteiger partial charge on any atom is -0.445 e. The van der Waals surface area contributed by atoms with E-state index in [0.717, 1.165) is 18.4 Å². The molecular formula is C25H37N5O5. The first-order valence-electron chi connectivity index (χ1n) is 11.7. The smallest absolute Gasteiger partial charge is 0.407 e. The molecule has 1 saturated carbocycles. The van der Waals surface area contributed by atoms with Crippen molar-refractivity contribution in [3.8, 4) is 0 Å². The molecule has 1 fully saturated rings. The summed E-state index contributed by atoms with van der Waals surface area (Å²) in [5, 5.41) is 9.43. The molecule has 1 aromatic carbocycles. The van der Waals surface area contributed by atoms with E-state index in [2.05, 4.69) is 41.4 Å². The van der Waals surface area contributed by atoms with Crippen molar-refractivity contribution in [1.29, 1.82) is 0 Å². The summed E-state index contributed by atoms with van der Waals surface area (Å²) < 4.78 is 15.7. The van der Waals surface area contributed by atoms with E-state index in [9.17, 15) is 9.59 Å². The predicted molar refractivity (Wildman–Crippen MR) is 133 cm³/mol. The average molecular weight is 488 g/mol. The van der Waals surface area contributed by atoms with E-state index in [0.29, 0.717) is 19.6 Å². The maximum Gasteiger partial charge on any atom is 0.407 e. The summed E-state index contributed by atoms with van der Waals surface area (Å²) in [6.45, 7) is 7.47. The molecule has 0 bridgehead atoms. The molecule has 35 heavy (non-hydrogen) atoms. The van der Waals surface area contributed by atoms with Gasteiger partial charge in [-0.3, -0.25) is 0 Å². The molecular weight excluding hydrogens is 450 g/mol. The molecule has 2 N–H and O–H groups in total. The number of nitrogens with zero attached hydrogens (tertiary/aromatic N) is 3. The third kappa shape index (κ3) is 10.3. The quantitative estimate of drug-likeness (QED) is 0.189. The Hall–Kier alpha value is -3.23. The Morgan fingerprint density at radius 2 is 1.89 bits per heavy atom. The first-order chi connectivity index (χ1) is 16.7. The highest BCUT2D eigenvalue weighted by atomic mass is 16.6. The van der Waals surface area contributed by atoms with Crippen molar-refractivity contribution in [1.82, 2.24) is 10.6 Å². The molecule has 2 rings (SSSR count). The average Bonchev–Trinajstić information content (AvgIpc) is 2.79. The predicted octanol–water partition coefficient (Wildman–Crippen LogP) is 5.28. The molecule has 192 valence electrons. The number of benzene rings is 1. The van der Waals surface area contributed by atoms with E-state index in [1.165, 1.54) is 0 Å². The van der Waals surface area contributed by atoms with E-state index in [-0.39, 0.29) is 30.0 Å². The van der Waals surface area contributed by atoms with Gasteiger partial charge < -0.3 is 24.8 Å². The van der Waals surface area contributed by atoms with Crippen LogP contribution in [-0.2, 0) is 14.2 Å². The number of rotatable bonds is 11. The lowest BCUT2D eigenvalue weighted by Gasteiger charge is -2.46. The van der Waals surface area contributed by atoms with E-state index in [1.807, 2.05) is 30.3 Å². The first-order valence-corrected chi connectivity index (χ1v) is 11.7. The standard InChI is InChI=1S/C25H37N5O5/c1-24(2)14-20(15-25(3,17-24)18-27-22(31)34-13-9-8-12-33-4)29-23(32)35-21(16-28-30-26)19-10-6-5-7-11-19/h5-11,20-21H,12-18H2,1-4H3,(H,27,31)(H,29,32)/b9-8-. The van der Waals surface area contributed by atoms with Crippen LogP contribution in [0.2, 0.25) is 0 Å². The van der Waals surface area contributed by atoms with E-state index in [4.69, 9.17) is 19.7 Å². The zero-order valence-electron chi connectivity index (χ0n) is 21.0. The summed E-state index contributed by atoms with van der Waals surface area (Å²) in [6, 6.07) is 9.04. The van der Waals surface area contributed by atoms with Crippen LogP contribution in [0.15, 0.2) is 47.6 Å². The van der Waals surface area contributed by atoms with Crippen LogP contribution < -0.4 is 10.6 Å². The van der Waals surface area contributed by atoms with Crippen molar-refractivity contribution in [3.63, 3.8) is 0 Å². The number of hydrogen-bond acceptors (Lipinski definition) is 6. The van der Waals surface area contributed by atoms with Crippen LogP contribution in [0.4, 0.5) is 9.59 Å². The molecule has 3 atom stereocenters. The van der Waals surface area contributed by atoms with Crippen LogP contribution in [0.25, 0.3) is 10.4 Å². The number of ether oxygens (including phenoxy) is 3. The van der Waals surface area contributed by atoms with Crippen molar-refractivity contribution < 1.29 is 23.8 Å². The molecule has 0 saturated heterocycles. The largest absolute Gasteiger partial charge is 0.445 e.